The molecule has 1 aliphatic rings. The van der Waals surface area contributed by atoms with Gasteiger partial charge in [0.15, 0.2) is 0 Å². The number of likely N-dealkylation sites (tertiary alicyclic amines) is 1. The number of piperidine rings is 1. The summed E-state index contributed by atoms with van der Waals surface area (Å²) in [6.45, 7) is 12.6. The smallest absolute Gasteiger partial charge is 0.0499 e. The third-order valence-corrected chi connectivity index (χ3v) is 3.42. The van der Waals surface area contributed by atoms with Gasteiger partial charge in [-0.1, -0.05) is 20.8 Å². The highest BCUT2D eigenvalue weighted by Crippen LogP contribution is 2.12. The first-order valence-electron chi connectivity index (χ1n) is 7.06. The summed E-state index contributed by atoms with van der Waals surface area (Å²) >= 11 is 0. The highest BCUT2D eigenvalue weighted by Gasteiger charge is 2.19. The maximum Gasteiger partial charge on any atom is 0.0499 e. The number of nitrogens with one attached hydrogen (secondary N) is 1. The lowest BCUT2D eigenvalue weighted by molar-refractivity contribution is 0.147. The summed E-state index contributed by atoms with van der Waals surface area (Å²) in [6.07, 6.45) is 2.60. The molecule has 0 aliphatic carbocycles. The van der Waals surface area contributed by atoms with Crippen LogP contribution in [-0.2, 0) is 4.74 Å². The van der Waals surface area contributed by atoms with Crippen molar-refractivity contribution in [2.45, 2.75) is 39.7 Å². The van der Waals surface area contributed by atoms with Crippen molar-refractivity contribution in [1.29, 1.82) is 0 Å². The number of methoxy groups -OCH3 is 1. The number of rotatable bonds is 7. The molecule has 3 heteroatoms. The molecule has 0 aromatic carbocycles. The zero-order valence-electron chi connectivity index (χ0n) is 12.0. The summed E-state index contributed by atoms with van der Waals surface area (Å²) in [5, 5.41) is 3.67. The fourth-order valence-corrected chi connectivity index (χ4v) is 2.55. The number of ether oxygens (including phenoxy) is 1. The molecule has 0 spiro atoms. The molecule has 17 heavy (non-hydrogen) atoms. The number of nitrogens with zero attached hydrogens (tertiary/aromatic N) is 1. The lowest BCUT2D eigenvalue weighted by atomic mass is 10.0. The Labute approximate surface area is 107 Å². The lowest BCUT2D eigenvalue weighted by Gasteiger charge is -2.33. The van der Waals surface area contributed by atoms with E-state index in [1.807, 2.05) is 0 Å². The first kappa shape index (κ1) is 14.9. The molecular weight excluding hydrogens is 212 g/mol. The van der Waals surface area contributed by atoms with Crippen molar-refractivity contribution in [3.05, 3.63) is 0 Å². The molecule has 0 aromatic rings. The highest BCUT2D eigenvalue weighted by molar-refractivity contribution is 4.78. The lowest BCUT2D eigenvalue weighted by Crippen LogP contribution is -2.44. The summed E-state index contributed by atoms with van der Waals surface area (Å²) in [4.78, 5) is 2.60. The van der Waals surface area contributed by atoms with Crippen LogP contribution in [0.2, 0.25) is 0 Å². The maximum atomic E-state index is 5.16. The second-order valence-corrected chi connectivity index (χ2v) is 5.94. The monoisotopic (exact) mass is 242 g/mol. The first-order chi connectivity index (χ1) is 8.11. The van der Waals surface area contributed by atoms with Crippen molar-refractivity contribution in [2.24, 2.45) is 11.8 Å². The minimum absolute atomic E-state index is 0.619. The molecule has 0 radical (unpaired) electrons. The predicted molar refractivity (Wildman–Crippen MR) is 73.3 cm³/mol. The highest BCUT2D eigenvalue weighted by atomic mass is 16.5. The van der Waals surface area contributed by atoms with Crippen LogP contribution in [-0.4, -0.2) is 50.8 Å². The van der Waals surface area contributed by atoms with Crippen molar-refractivity contribution < 1.29 is 4.74 Å². The van der Waals surface area contributed by atoms with Gasteiger partial charge < -0.3 is 15.0 Å². The van der Waals surface area contributed by atoms with Crippen LogP contribution in [0.1, 0.15) is 33.6 Å². The van der Waals surface area contributed by atoms with Crippen LogP contribution in [0.5, 0.6) is 0 Å². The SMILES string of the molecule is COCC(C)CNC1CCN(CC(C)C)CC1. The van der Waals surface area contributed by atoms with Gasteiger partial charge in [0.2, 0.25) is 0 Å². The van der Waals surface area contributed by atoms with Crippen LogP contribution in [0.15, 0.2) is 0 Å². The van der Waals surface area contributed by atoms with E-state index in [2.05, 4.69) is 31.0 Å². The molecule has 1 rings (SSSR count). The van der Waals surface area contributed by atoms with Gasteiger partial charge >= 0.3 is 0 Å². The van der Waals surface area contributed by atoms with E-state index < -0.39 is 0 Å². The Bertz CT molecular complexity index is 189. The molecular formula is C14H30N2O. The van der Waals surface area contributed by atoms with Gasteiger partial charge in [-0.3, -0.25) is 0 Å². The first-order valence-corrected chi connectivity index (χ1v) is 7.06. The summed E-state index contributed by atoms with van der Waals surface area (Å²) in [5.41, 5.74) is 0. The normalized spacial score (nSPS) is 21.0. The maximum absolute atomic E-state index is 5.16. The molecule has 1 N–H and O–H groups in total. The molecule has 1 saturated heterocycles. The Morgan fingerprint density at radius 3 is 2.41 bits per heavy atom. The van der Waals surface area contributed by atoms with Crippen molar-refractivity contribution in [3.63, 3.8) is 0 Å². The summed E-state index contributed by atoms with van der Waals surface area (Å²) in [6, 6.07) is 0.720. The van der Waals surface area contributed by atoms with Crippen LogP contribution in [0.3, 0.4) is 0 Å². The van der Waals surface area contributed by atoms with E-state index in [9.17, 15) is 0 Å². The Hall–Kier alpha value is -0.120. The summed E-state index contributed by atoms with van der Waals surface area (Å²) in [5.74, 6) is 1.41. The van der Waals surface area contributed by atoms with Gasteiger partial charge in [-0.15, -0.1) is 0 Å². The van der Waals surface area contributed by atoms with Gasteiger partial charge in [0.05, 0.1) is 0 Å². The van der Waals surface area contributed by atoms with Crippen molar-refractivity contribution in [2.75, 3.05) is 39.9 Å². The van der Waals surface area contributed by atoms with Crippen LogP contribution in [0.4, 0.5) is 0 Å². The minimum Gasteiger partial charge on any atom is -0.384 e. The standard InChI is InChI=1S/C14H30N2O/c1-12(2)10-16-7-5-14(6-8-16)15-9-13(3)11-17-4/h12-15H,5-11H2,1-4H3. The molecule has 1 fully saturated rings. The van der Waals surface area contributed by atoms with E-state index in [1.165, 1.54) is 32.5 Å². The van der Waals surface area contributed by atoms with E-state index >= 15 is 0 Å². The Morgan fingerprint density at radius 2 is 1.88 bits per heavy atom. The van der Waals surface area contributed by atoms with E-state index in [0.717, 1.165) is 25.1 Å². The van der Waals surface area contributed by atoms with Crippen LogP contribution in [0, 0.1) is 11.8 Å². The fraction of sp³-hybridized carbons (Fsp3) is 1.00. The van der Waals surface area contributed by atoms with Gasteiger partial charge in [0.25, 0.3) is 0 Å². The largest absolute Gasteiger partial charge is 0.384 e. The number of hydrogen-bond donors (Lipinski definition) is 1. The molecule has 1 aliphatic heterocycles. The average molecular weight is 242 g/mol. The molecule has 1 atom stereocenters. The van der Waals surface area contributed by atoms with Gasteiger partial charge in [-0.05, 0) is 37.8 Å². The molecule has 3 nitrogen and oxygen atoms in total. The van der Waals surface area contributed by atoms with Gasteiger partial charge in [-0.25, -0.2) is 0 Å². The summed E-state index contributed by atoms with van der Waals surface area (Å²) < 4.78 is 5.16. The second-order valence-electron chi connectivity index (χ2n) is 5.94. The summed E-state index contributed by atoms with van der Waals surface area (Å²) in [7, 11) is 1.78. The molecule has 1 heterocycles. The molecule has 0 bridgehead atoms. The van der Waals surface area contributed by atoms with Crippen LogP contribution < -0.4 is 5.32 Å². The Morgan fingerprint density at radius 1 is 1.24 bits per heavy atom. The van der Waals surface area contributed by atoms with Crippen molar-refractivity contribution in [3.8, 4) is 0 Å². The van der Waals surface area contributed by atoms with Gasteiger partial charge in [0.1, 0.15) is 0 Å². The molecule has 102 valence electrons. The minimum atomic E-state index is 0.619. The third kappa shape index (κ3) is 6.39. The van der Waals surface area contributed by atoms with Gasteiger partial charge in [0, 0.05) is 32.8 Å². The predicted octanol–water partition coefficient (Wildman–Crippen LogP) is 1.98. The quantitative estimate of drug-likeness (QED) is 0.739. The van der Waals surface area contributed by atoms with Crippen LogP contribution >= 0.6 is 0 Å². The Kier molecular flexibility index (Phi) is 7.09. The van der Waals surface area contributed by atoms with Crippen LogP contribution in [0.25, 0.3) is 0 Å². The fourth-order valence-electron chi connectivity index (χ4n) is 2.55. The molecule has 0 saturated carbocycles. The van der Waals surface area contributed by atoms with E-state index in [1.54, 1.807) is 7.11 Å². The van der Waals surface area contributed by atoms with E-state index in [4.69, 9.17) is 4.74 Å². The van der Waals surface area contributed by atoms with E-state index in [0.29, 0.717) is 5.92 Å². The van der Waals surface area contributed by atoms with E-state index in [-0.39, 0.29) is 0 Å². The zero-order chi connectivity index (χ0) is 12.7. The Balaban J connectivity index is 2.10. The third-order valence-electron chi connectivity index (χ3n) is 3.42. The molecule has 0 amide bonds. The zero-order valence-corrected chi connectivity index (χ0v) is 12.0. The molecule has 1 unspecified atom stereocenters. The molecule has 0 aromatic heterocycles. The van der Waals surface area contributed by atoms with Crippen molar-refractivity contribution in [1.82, 2.24) is 10.2 Å². The second kappa shape index (κ2) is 8.06. The van der Waals surface area contributed by atoms with Gasteiger partial charge in [-0.2, -0.15) is 0 Å². The number of hydrogen-bond acceptors (Lipinski definition) is 3. The van der Waals surface area contributed by atoms with Crippen molar-refractivity contribution >= 4 is 0 Å². The average Bonchev–Trinajstić information content (AvgIpc) is 2.28. The topological polar surface area (TPSA) is 24.5 Å².